The van der Waals surface area contributed by atoms with Crippen LogP contribution < -0.4 is 10.9 Å². The molecule has 28 heavy (non-hydrogen) atoms. The summed E-state index contributed by atoms with van der Waals surface area (Å²) in [4.78, 5) is 35.2. The number of nitrogens with one attached hydrogen (secondary N) is 2. The van der Waals surface area contributed by atoms with Crippen molar-refractivity contribution in [1.29, 1.82) is 0 Å². The molecule has 0 bridgehead atoms. The smallest absolute Gasteiger partial charge is 0.260 e. The molecule has 1 aromatic carbocycles. The number of rotatable bonds is 6. The molecule has 0 atom stereocenters. The van der Waals surface area contributed by atoms with Gasteiger partial charge in [0.2, 0.25) is 5.91 Å². The van der Waals surface area contributed by atoms with E-state index in [0.717, 1.165) is 11.1 Å². The fraction of sp³-hybridized carbons (Fsp3) is 0.381. The van der Waals surface area contributed by atoms with Gasteiger partial charge in [-0.25, -0.2) is 4.98 Å². The molecule has 0 unspecified atom stereocenters. The van der Waals surface area contributed by atoms with E-state index >= 15 is 0 Å². The van der Waals surface area contributed by atoms with Crippen molar-refractivity contribution in [3.05, 3.63) is 51.9 Å². The van der Waals surface area contributed by atoms with Gasteiger partial charge < -0.3 is 10.3 Å². The molecule has 7 heteroatoms. The van der Waals surface area contributed by atoms with Gasteiger partial charge in [-0.15, -0.1) is 11.3 Å². The topological polar surface area (TPSA) is 78.1 Å². The first-order valence-electron chi connectivity index (χ1n) is 9.36. The maximum absolute atomic E-state index is 12.7. The first-order chi connectivity index (χ1) is 13.3. The molecule has 148 valence electrons. The Morgan fingerprint density at radius 1 is 1.25 bits per heavy atom. The van der Waals surface area contributed by atoms with Crippen molar-refractivity contribution in [3.8, 4) is 11.1 Å². The third kappa shape index (κ3) is 4.85. The summed E-state index contributed by atoms with van der Waals surface area (Å²) in [6, 6.07) is 9.84. The lowest BCUT2D eigenvalue weighted by Crippen LogP contribution is -2.45. The van der Waals surface area contributed by atoms with Crippen LogP contribution in [0.25, 0.3) is 21.3 Å². The highest BCUT2D eigenvalue weighted by Crippen LogP contribution is 2.30. The van der Waals surface area contributed by atoms with E-state index in [0.29, 0.717) is 29.1 Å². The lowest BCUT2D eigenvalue weighted by Gasteiger charge is -2.24. The van der Waals surface area contributed by atoms with E-state index in [2.05, 4.69) is 15.3 Å². The molecular formula is C21H26N4O2S. The van der Waals surface area contributed by atoms with Gasteiger partial charge >= 0.3 is 0 Å². The van der Waals surface area contributed by atoms with Crippen molar-refractivity contribution in [2.75, 3.05) is 13.1 Å². The standard InChI is InChI=1S/C21H26N4O2S/c1-5-25(12-17(26)24-21(2,3)4)11-16-22-19(27)18-15(13-28-20(18)23-16)14-9-7-6-8-10-14/h6-10,13H,5,11-12H2,1-4H3,(H,24,26)(H,22,23,27). The number of likely N-dealkylation sites (N-methyl/N-ethyl adjacent to an activating group) is 1. The van der Waals surface area contributed by atoms with Gasteiger partial charge in [0.25, 0.3) is 5.56 Å². The highest BCUT2D eigenvalue weighted by molar-refractivity contribution is 7.17. The van der Waals surface area contributed by atoms with Crippen LogP contribution in [-0.2, 0) is 11.3 Å². The number of hydrogen-bond donors (Lipinski definition) is 2. The quantitative estimate of drug-likeness (QED) is 0.667. The van der Waals surface area contributed by atoms with E-state index in [4.69, 9.17) is 0 Å². The van der Waals surface area contributed by atoms with Crippen molar-refractivity contribution >= 4 is 27.5 Å². The molecule has 2 aromatic heterocycles. The van der Waals surface area contributed by atoms with Gasteiger partial charge in [-0.1, -0.05) is 37.3 Å². The summed E-state index contributed by atoms with van der Waals surface area (Å²) in [7, 11) is 0. The van der Waals surface area contributed by atoms with Crippen molar-refractivity contribution in [2.45, 2.75) is 39.8 Å². The van der Waals surface area contributed by atoms with Crippen LogP contribution in [0.2, 0.25) is 0 Å². The van der Waals surface area contributed by atoms with Crippen LogP contribution in [0.1, 0.15) is 33.5 Å². The Morgan fingerprint density at radius 2 is 1.96 bits per heavy atom. The number of fused-ring (bicyclic) bond motifs is 1. The fourth-order valence-corrected chi connectivity index (χ4v) is 4.02. The zero-order valence-electron chi connectivity index (χ0n) is 16.7. The predicted octanol–water partition coefficient (Wildman–Crippen LogP) is 3.39. The molecule has 0 radical (unpaired) electrons. The summed E-state index contributed by atoms with van der Waals surface area (Å²) in [5, 5.41) is 5.55. The number of carbonyl (C=O) groups is 1. The zero-order chi connectivity index (χ0) is 20.3. The average Bonchev–Trinajstić information content (AvgIpc) is 3.05. The molecule has 3 rings (SSSR count). The summed E-state index contributed by atoms with van der Waals surface area (Å²) in [5.41, 5.74) is 1.49. The van der Waals surface area contributed by atoms with Gasteiger partial charge in [0, 0.05) is 16.5 Å². The highest BCUT2D eigenvalue weighted by Gasteiger charge is 2.18. The minimum atomic E-state index is -0.271. The zero-order valence-corrected chi connectivity index (χ0v) is 17.5. The number of aromatic amines is 1. The lowest BCUT2D eigenvalue weighted by atomic mass is 10.1. The normalized spacial score (nSPS) is 11.9. The number of H-pyrrole nitrogens is 1. The summed E-state index contributed by atoms with van der Waals surface area (Å²) < 4.78 is 0. The van der Waals surface area contributed by atoms with Crippen LogP contribution in [0.4, 0.5) is 0 Å². The second kappa shape index (κ2) is 8.24. The van der Waals surface area contributed by atoms with Gasteiger partial charge in [0.1, 0.15) is 10.7 Å². The van der Waals surface area contributed by atoms with Gasteiger partial charge in [0.15, 0.2) is 0 Å². The van der Waals surface area contributed by atoms with Gasteiger partial charge in [-0.05, 0) is 32.9 Å². The van der Waals surface area contributed by atoms with Crippen molar-refractivity contribution in [2.24, 2.45) is 0 Å². The molecule has 0 aliphatic heterocycles. The maximum Gasteiger partial charge on any atom is 0.260 e. The van der Waals surface area contributed by atoms with E-state index in [1.807, 2.05) is 68.3 Å². The SMILES string of the molecule is CCN(CC(=O)NC(C)(C)C)Cc1nc2scc(-c3ccccc3)c2c(=O)[nH]1. The minimum Gasteiger partial charge on any atom is -0.350 e. The fourth-order valence-electron chi connectivity index (χ4n) is 3.05. The third-order valence-corrected chi connectivity index (χ3v) is 5.15. The number of aromatic nitrogens is 2. The van der Waals surface area contributed by atoms with Crippen LogP contribution in [-0.4, -0.2) is 39.4 Å². The minimum absolute atomic E-state index is 0.0414. The second-order valence-corrected chi connectivity index (χ2v) is 8.67. The largest absolute Gasteiger partial charge is 0.350 e. The molecule has 0 aliphatic carbocycles. The highest BCUT2D eigenvalue weighted by atomic mass is 32.1. The van der Waals surface area contributed by atoms with Crippen molar-refractivity contribution < 1.29 is 4.79 Å². The maximum atomic E-state index is 12.7. The molecule has 0 fully saturated rings. The number of thiophene rings is 1. The van der Waals surface area contributed by atoms with Gasteiger partial charge in [0.05, 0.1) is 18.5 Å². The Hall–Kier alpha value is -2.51. The van der Waals surface area contributed by atoms with Crippen molar-refractivity contribution in [3.63, 3.8) is 0 Å². The molecular weight excluding hydrogens is 372 g/mol. The molecule has 0 spiro atoms. The van der Waals surface area contributed by atoms with Crippen LogP contribution in [0, 0.1) is 0 Å². The summed E-state index contributed by atoms with van der Waals surface area (Å²) in [5.74, 6) is 0.532. The molecule has 0 saturated carbocycles. The van der Waals surface area contributed by atoms with Gasteiger partial charge in [-0.3, -0.25) is 14.5 Å². The first-order valence-corrected chi connectivity index (χ1v) is 10.2. The molecule has 3 aromatic rings. The molecule has 2 N–H and O–H groups in total. The number of benzene rings is 1. The molecule has 1 amide bonds. The molecule has 2 heterocycles. The summed E-state index contributed by atoms with van der Waals surface area (Å²) in [6.07, 6.45) is 0. The van der Waals surface area contributed by atoms with E-state index in [1.165, 1.54) is 11.3 Å². The van der Waals surface area contributed by atoms with E-state index in [1.54, 1.807) is 0 Å². The number of amides is 1. The Morgan fingerprint density at radius 3 is 2.61 bits per heavy atom. The van der Waals surface area contributed by atoms with Crippen LogP contribution in [0.15, 0.2) is 40.5 Å². The van der Waals surface area contributed by atoms with Crippen molar-refractivity contribution in [1.82, 2.24) is 20.2 Å². The Kier molecular flexibility index (Phi) is 5.96. The van der Waals surface area contributed by atoms with E-state index < -0.39 is 0 Å². The van der Waals surface area contributed by atoms with Crippen LogP contribution in [0.5, 0.6) is 0 Å². The average molecular weight is 399 g/mol. The predicted molar refractivity (Wildman–Crippen MR) is 115 cm³/mol. The molecule has 0 aliphatic rings. The third-order valence-electron chi connectivity index (χ3n) is 4.28. The molecule has 0 saturated heterocycles. The molecule has 6 nitrogen and oxygen atoms in total. The first kappa shape index (κ1) is 20.2. The van der Waals surface area contributed by atoms with Crippen LogP contribution >= 0.6 is 11.3 Å². The Labute approximate surface area is 168 Å². The lowest BCUT2D eigenvalue weighted by molar-refractivity contribution is -0.123. The summed E-state index contributed by atoms with van der Waals surface area (Å²) >= 11 is 1.46. The Bertz CT molecular complexity index is 1020. The summed E-state index contributed by atoms with van der Waals surface area (Å²) in [6.45, 7) is 9.20. The second-order valence-electron chi connectivity index (χ2n) is 7.81. The number of hydrogen-bond acceptors (Lipinski definition) is 5. The monoisotopic (exact) mass is 398 g/mol. The van der Waals surface area contributed by atoms with Crippen LogP contribution in [0.3, 0.4) is 0 Å². The van der Waals surface area contributed by atoms with E-state index in [-0.39, 0.29) is 23.6 Å². The Balaban J connectivity index is 1.82. The number of carbonyl (C=O) groups excluding carboxylic acids is 1. The number of nitrogens with zero attached hydrogens (tertiary/aromatic N) is 2. The van der Waals surface area contributed by atoms with Gasteiger partial charge in [-0.2, -0.15) is 0 Å². The van der Waals surface area contributed by atoms with E-state index in [9.17, 15) is 9.59 Å².